The fourth-order valence-corrected chi connectivity index (χ4v) is 12.8. The van der Waals surface area contributed by atoms with Crippen LogP contribution in [0, 0.1) is 0 Å². The highest BCUT2D eigenvalue weighted by Gasteiger charge is 2.44. The van der Waals surface area contributed by atoms with E-state index < -0.39 is 0 Å². The second kappa shape index (κ2) is 10.8. The zero-order valence-corrected chi connectivity index (χ0v) is 33.7. The Hall–Kier alpha value is -6.34. The molecule has 3 nitrogen and oxygen atoms in total. The highest BCUT2D eigenvalue weighted by Crippen LogP contribution is 2.50. The summed E-state index contributed by atoms with van der Waals surface area (Å²) in [5, 5.41) is 10.2. The first kappa shape index (κ1) is 31.7. The minimum absolute atomic E-state index is 0.0485. The number of hydrogen-bond donors (Lipinski definition) is 0. The van der Waals surface area contributed by atoms with Gasteiger partial charge in [-0.3, -0.25) is 0 Å². The van der Waals surface area contributed by atoms with Gasteiger partial charge in [-0.05, 0) is 88.1 Å². The molecule has 0 N–H and O–H groups in total. The Bertz CT molecular complexity index is 3800. The zero-order valence-electron chi connectivity index (χ0n) is 32.1. The van der Waals surface area contributed by atoms with Crippen LogP contribution in [0.1, 0.15) is 26.3 Å². The quantitative estimate of drug-likeness (QED) is 0.155. The van der Waals surface area contributed by atoms with Crippen LogP contribution >= 0.6 is 22.7 Å². The summed E-state index contributed by atoms with van der Waals surface area (Å²) >= 11 is 3.80. The molecule has 0 spiro atoms. The van der Waals surface area contributed by atoms with Crippen molar-refractivity contribution in [2.24, 2.45) is 0 Å². The largest absolute Gasteiger partial charge is 0.456 e. The van der Waals surface area contributed by atoms with Crippen LogP contribution in [0.5, 0.6) is 0 Å². The fraction of sp³-hybridized carbons (Fsp3) is 0.0769. The maximum atomic E-state index is 6.54. The molecule has 0 amide bonds. The van der Waals surface area contributed by atoms with Gasteiger partial charge in [0.15, 0.2) is 0 Å². The van der Waals surface area contributed by atoms with Crippen molar-refractivity contribution >= 4 is 136 Å². The lowest BCUT2D eigenvalue weighted by molar-refractivity contribution is 0.590. The summed E-state index contributed by atoms with van der Waals surface area (Å²) in [4.78, 5) is 2.68. The number of fused-ring (bicyclic) bond motifs is 18. The van der Waals surface area contributed by atoms with E-state index in [2.05, 4.69) is 176 Å². The molecule has 0 unspecified atom stereocenters. The van der Waals surface area contributed by atoms with Gasteiger partial charge in [-0.15, -0.1) is 22.7 Å². The zero-order chi connectivity index (χ0) is 38.2. The Morgan fingerprint density at radius 2 is 1.19 bits per heavy atom. The van der Waals surface area contributed by atoms with Gasteiger partial charge < -0.3 is 13.8 Å². The van der Waals surface area contributed by atoms with E-state index in [0.717, 1.165) is 16.6 Å². The smallest absolute Gasteiger partial charge is 0.333 e. The van der Waals surface area contributed by atoms with Gasteiger partial charge in [-0.25, -0.2) is 0 Å². The molecule has 0 radical (unpaired) electrons. The van der Waals surface area contributed by atoms with Crippen LogP contribution in [0.3, 0.4) is 0 Å². The van der Waals surface area contributed by atoms with Crippen molar-refractivity contribution < 1.29 is 4.42 Å². The van der Waals surface area contributed by atoms with Crippen molar-refractivity contribution in [2.75, 3.05) is 4.81 Å². The van der Waals surface area contributed by atoms with E-state index in [1.54, 1.807) is 0 Å². The van der Waals surface area contributed by atoms with E-state index in [4.69, 9.17) is 4.42 Å². The molecule has 4 aromatic heterocycles. The van der Waals surface area contributed by atoms with Gasteiger partial charge in [0.25, 0.3) is 0 Å². The number of benzene rings is 8. The Labute approximate surface area is 342 Å². The van der Waals surface area contributed by atoms with E-state index in [-0.39, 0.29) is 12.3 Å². The van der Waals surface area contributed by atoms with E-state index in [0.29, 0.717) is 0 Å². The number of hydrogen-bond acceptors (Lipinski definition) is 4. The summed E-state index contributed by atoms with van der Waals surface area (Å²) < 4.78 is 14.4. The molecule has 6 heteroatoms. The van der Waals surface area contributed by atoms with Crippen LogP contribution in [0.15, 0.2) is 150 Å². The molecule has 0 atom stereocenters. The predicted octanol–water partition coefficient (Wildman–Crippen LogP) is 14.0. The normalized spacial score (nSPS) is 13.7. The SMILES string of the molecule is CC(C)(C)c1ccc(N2B3c4cc5c(cc4-n4c6ccc7oc8ccccc8c7c6c6ccc(c3c64)-c3cc4c(cc32)sc2ccccc24)sc2ccccc25)cc1. The van der Waals surface area contributed by atoms with Gasteiger partial charge in [0.1, 0.15) is 11.2 Å². The highest BCUT2D eigenvalue weighted by molar-refractivity contribution is 7.26. The van der Waals surface area contributed by atoms with Crippen molar-refractivity contribution in [3.05, 3.63) is 151 Å². The number of nitrogens with zero attached hydrogens (tertiary/aromatic N) is 2. The molecular formula is C52H33BN2OS2. The van der Waals surface area contributed by atoms with Crippen LogP contribution in [-0.4, -0.2) is 11.4 Å². The van der Waals surface area contributed by atoms with Crippen LogP contribution in [0.4, 0.5) is 11.4 Å². The minimum atomic E-state index is -0.0648. The molecule has 0 fully saturated rings. The molecule has 0 aliphatic carbocycles. The van der Waals surface area contributed by atoms with Crippen LogP contribution in [-0.2, 0) is 5.41 Å². The Morgan fingerprint density at radius 3 is 1.93 bits per heavy atom. The third-order valence-electron chi connectivity index (χ3n) is 13.1. The second-order valence-electron chi connectivity index (χ2n) is 17.2. The fourth-order valence-electron chi connectivity index (χ4n) is 10.5. The molecule has 2 aliphatic rings. The van der Waals surface area contributed by atoms with E-state index in [9.17, 15) is 0 Å². The van der Waals surface area contributed by atoms with Crippen molar-refractivity contribution in [3.8, 4) is 16.8 Å². The van der Waals surface area contributed by atoms with Crippen LogP contribution < -0.4 is 15.7 Å². The monoisotopic (exact) mass is 776 g/mol. The third kappa shape index (κ3) is 3.95. The lowest BCUT2D eigenvalue weighted by Gasteiger charge is -2.42. The average molecular weight is 777 g/mol. The number of aromatic nitrogens is 1. The van der Waals surface area contributed by atoms with Crippen molar-refractivity contribution in [2.45, 2.75) is 26.2 Å². The van der Waals surface area contributed by atoms with Gasteiger partial charge >= 0.3 is 6.85 Å². The molecule has 0 saturated heterocycles. The molecule has 58 heavy (non-hydrogen) atoms. The molecule has 8 aromatic carbocycles. The number of para-hydroxylation sites is 1. The number of rotatable bonds is 1. The molecule has 0 bridgehead atoms. The van der Waals surface area contributed by atoms with Gasteiger partial charge in [0, 0.05) is 84.5 Å². The first-order valence-electron chi connectivity index (χ1n) is 20.1. The Kier molecular flexibility index (Phi) is 5.90. The molecule has 272 valence electrons. The molecule has 14 rings (SSSR count). The maximum Gasteiger partial charge on any atom is 0.333 e. The van der Waals surface area contributed by atoms with Crippen LogP contribution in [0.25, 0.3) is 101 Å². The summed E-state index contributed by atoms with van der Waals surface area (Å²) in [6.45, 7) is 6.84. The van der Waals surface area contributed by atoms with Crippen molar-refractivity contribution in [3.63, 3.8) is 0 Å². The highest BCUT2D eigenvalue weighted by atomic mass is 32.1. The standard InChI is InChI=1S/C52H33BN2OS2/c1-52(2,3)28-16-18-29(19-17-28)55-40-26-46-36(30-10-5-8-14-44(30)57-46)24-35(40)32-20-21-34-48-39(22-23-43-49(48)33-12-4-7-13-42(33)56-43)54-41-27-47-37(31-11-6-9-15-45(31)58-47)25-38(41)53(55)50(32)51(34)54/h4-27H,1-3H3. The van der Waals surface area contributed by atoms with Crippen LogP contribution in [0.2, 0.25) is 0 Å². The molecule has 0 saturated carbocycles. The van der Waals surface area contributed by atoms with E-state index in [1.807, 2.05) is 22.7 Å². The van der Waals surface area contributed by atoms with Crippen molar-refractivity contribution in [1.29, 1.82) is 0 Å². The molecule has 2 aliphatic heterocycles. The maximum absolute atomic E-state index is 6.54. The molecule has 12 aromatic rings. The predicted molar refractivity (Wildman–Crippen MR) is 252 cm³/mol. The Balaban J connectivity index is 1.19. The first-order valence-corrected chi connectivity index (χ1v) is 21.7. The summed E-state index contributed by atoms with van der Waals surface area (Å²) in [7, 11) is 0. The second-order valence-corrected chi connectivity index (χ2v) is 19.4. The summed E-state index contributed by atoms with van der Waals surface area (Å²) in [5.41, 5.74) is 14.8. The Morgan fingerprint density at radius 1 is 0.517 bits per heavy atom. The van der Waals surface area contributed by atoms with Gasteiger partial charge in [0.2, 0.25) is 0 Å². The molecule has 6 heterocycles. The van der Waals surface area contributed by atoms with E-state index in [1.165, 1.54) is 112 Å². The van der Waals surface area contributed by atoms with Gasteiger partial charge in [-0.2, -0.15) is 0 Å². The number of anilines is 2. The first-order chi connectivity index (χ1) is 28.4. The lowest BCUT2D eigenvalue weighted by atomic mass is 9.44. The third-order valence-corrected chi connectivity index (χ3v) is 15.4. The van der Waals surface area contributed by atoms with Gasteiger partial charge in [0.05, 0.1) is 11.0 Å². The topological polar surface area (TPSA) is 21.3 Å². The summed E-state index contributed by atoms with van der Waals surface area (Å²) in [5.74, 6) is 0. The lowest BCUT2D eigenvalue weighted by Crippen LogP contribution is -2.60. The molecular weight excluding hydrogens is 744 g/mol. The summed E-state index contributed by atoms with van der Waals surface area (Å²) in [6, 6.07) is 55.1. The van der Waals surface area contributed by atoms with Gasteiger partial charge in [-0.1, -0.05) is 106 Å². The number of thiophene rings is 2. The summed E-state index contributed by atoms with van der Waals surface area (Å²) in [6.07, 6.45) is 0. The van der Waals surface area contributed by atoms with Crippen molar-refractivity contribution in [1.82, 2.24) is 4.57 Å². The average Bonchev–Trinajstić information content (AvgIpc) is 4.00. The number of furan rings is 1. The van der Waals surface area contributed by atoms with E-state index >= 15 is 0 Å². The minimum Gasteiger partial charge on any atom is -0.456 e.